The van der Waals surface area contributed by atoms with Crippen molar-refractivity contribution in [2.24, 2.45) is 5.10 Å². The van der Waals surface area contributed by atoms with Crippen molar-refractivity contribution in [2.75, 3.05) is 11.9 Å². The van der Waals surface area contributed by atoms with E-state index in [0.717, 1.165) is 21.9 Å². The molecule has 8 heteroatoms. The van der Waals surface area contributed by atoms with Gasteiger partial charge in [-0.05, 0) is 75.9 Å². The van der Waals surface area contributed by atoms with Crippen LogP contribution >= 0.6 is 15.9 Å². The van der Waals surface area contributed by atoms with Crippen LogP contribution in [0.5, 0.6) is 11.5 Å². The first-order chi connectivity index (χ1) is 17.9. The monoisotopic (exact) mass is 559 g/mol. The third-order valence-electron chi connectivity index (χ3n) is 5.48. The molecule has 0 atom stereocenters. The summed E-state index contributed by atoms with van der Waals surface area (Å²) < 4.78 is 12.6. The fourth-order valence-electron chi connectivity index (χ4n) is 3.67. The summed E-state index contributed by atoms with van der Waals surface area (Å²) in [5.41, 5.74) is 5.53. The van der Waals surface area contributed by atoms with Crippen LogP contribution in [0.2, 0.25) is 0 Å². The highest BCUT2D eigenvalue weighted by Gasteiger charge is 2.15. The predicted octanol–water partition coefficient (Wildman–Crippen LogP) is 5.98. The van der Waals surface area contributed by atoms with Gasteiger partial charge >= 0.3 is 11.8 Å². The third kappa shape index (κ3) is 6.74. The van der Waals surface area contributed by atoms with Crippen LogP contribution in [-0.2, 0) is 16.2 Å². The number of hydrogen-bond acceptors (Lipinski definition) is 5. The van der Waals surface area contributed by atoms with Crippen molar-refractivity contribution in [1.29, 1.82) is 0 Å². The Labute approximate surface area is 223 Å². The highest BCUT2D eigenvalue weighted by atomic mass is 79.9. The summed E-state index contributed by atoms with van der Waals surface area (Å²) in [6.45, 7) is 4.62. The minimum Gasteiger partial charge on any atom is -0.490 e. The number of halogens is 1. The first-order valence-electron chi connectivity index (χ1n) is 11.7. The molecule has 0 heterocycles. The first kappa shape index (κ1) is 25.9. The highest BCUT2D eigenvalue weighted by molar-refractivity contribution is 9.10. The van der Waals surface area contributed by atoms with E-state index in [1.54, 1.807) is 24.3 Å². The zero-order chi connectivity index (χ0) is 26.2. The van der Waals surface area contributed by atoms with Gasteiger partial charge < -0.3 is 14.8 Å². The third-order valence-corrected chi connectivity index (χ3v) is 6.07. The number of hydrazone groups is 1. The molecule has 0 fully saturated rings. The molecule has 37 heavy (non-hydrogen) atoms. The molecule has 4 rings (SSSR count). The molecule has 0 unspecified atom stereocenters. The minimum atomic E-state index is -0.879. The van der Waals surface area contributed by atoms with Crippen LogP contribution in [-0.4, -0.2) is 24.6 Å². The van der Waals surface area contributed by atoms with Crippen molar-refractivity contribution in [3.63, 3.8) is 0 Å². The van der Waals surface area contributed by atoms with E-state index in [1.165, 1.54) is 6.21 Å². The molecule has 0 bridgehead atoms. The zero-order valence-electron chi connectivity index (χ0n) is 20.5. The number of carbonyl (C=O) groups is 2. The Morgan fingerprint density at radius 3 is 2.49 bits per heavy atom. The molecule has 4 aromatic rings. The molecule has 2 N–H and O–H groups in total. The number of amides is 2. The molecule has 7 nitrogen and oxygen atoms in total. The Morgan fingerprint density at radius 2 is 1.70 bits per heavy atom. The number of benzene rings is 4. The van der Waals surface area contributed by atoms with Crippen molar-refractivity contribution in [2.45, 2.75) is 20.5 Å². The molecular weight excluding hydrogens is 534 g/mol. The molecule has 0 spiro atoms. The molecule has 188 valence electrons. The highest BCUT2D eigenvalue weighted by Crippen LogP contribution is 2.37. The van der Waals surface area contributed by atoms with E-state index in [0.29, 0.717) is 40.4 Å². The Kier molecular flexibility index (Phi) is 8.53. The van der Waals surface area contributed by atoms with E-state index < -0.39 is 11.8 Å². The largest absolute Gasteiger partial charge is 0.490 e. The molecule has 0 aliphatic heterocycles. The van der Waals surface area contributed by atoms with Crippen LogP contribution in [0, 0.1) is 6.92 Å². The maximum Gasteiger partial charge on any atom is 0.329 e. The van der Waals surface area contributed by atoms with Gasteiger partial charge in [0.1, 0.15) is 6.61 Å². The lowest BCUT2D eigenvalue weighted by atomic mass is 10.1. The standard InChI is InChI=1S/C29H26BrN3O4/c1-3-36-26-16-20(17-31-33-29(35)28(34)32-23-13-11-19(2)12-14-23)15-25(30)27(26)37-18-22-9-6-8-21-7-4-5-10-24(21)22/h4-17H,3,18H2,1-2H3,(H,32,34)(H,33,35)/b31-17+. The molecule has 0 radical (unpaired) electrons. The van der Waals surface area contributed by atoms with Gasteiger partial charge in [-0.3, -0.25) is 9.59 Å². The van der Waals surface area contributed by atoms with Gasteiger partial charge in [-0.1, -0.05) is 60.2 Å². The second-order valence-electron chi connectivity index (χ2n) is 8.21. The topological polar surface area (TPSA) is 89.0 Å². The fourth-order valence-corrected chi connectivity index (χ4v) is 4.25. The number of anilines is 1. The lowest BCUT2D eigenvalue weighted by Crippen LogP contribution is -2.32. The van der Waals surface area contributed by atoms with E-state index in [1.807, 2.05) is 50.2 Å². The summed E-state index contributed by atoms with van der Waals surface area (Å²) in [4.78, 5) is 24.2. The summed E-state index contributed by atoms with van der Waals surface area (Å²) in [5, 5.41) is 8.72. The van der Waals surface area contributed by atoms with Crippen LogP contribution < -0.4 is 20.2 Å². The summed E-state index contributed by atoms with van der Waals surface area (Å²) >= 11 is 3.56. The minimum absolute atomic E-state index is 0.361. The second kappa shape index (κ2) is 12.2. The predicted molar refractivity (Wildman–Crippen MR) is 149 cm³/mol. The number of rotatable bonds is 8. The number of carbonyl (C=O) groups excluding carboxylic acids is 2. The van der Waals surface area contributed by atoms with Crippen LogP contribution in [0.3, 0.4) is 0 Å². The number of nitrogens with one attached hydrogen (secondary N) is 2. The molecule has 0 aliphatic carbocycles. The Balaban J connectivity index is 1.43. The van der Waals surface area contributed by atoms with Gasteiger partial charge in [0.25, 0.3) is 0 Å². The van der Waals surface area contributed by atoms with Gasteiger partial charge in [0.05, 0.1) is 17.3 Å². The fraction of sp³-hybridized carbons (Fsp3) is 0.138. The Hall–Kier alpha value is -4.17. The average molecular weight is 560 g/mol. The van der Waals surface area contributed by atoms with Gasteiger partial charge in [0.2, 0.25) is 0 Å². The Morgan fingerprint density at radius 1 is 0.946 bits per heavy atom. The van der Waals surface area contributed by atoms with Crippen LogP contribution in [0.4, 0.5) is 5.69 Å². The summed E-state index contributed by atoms with van der Waals surface area (Å²) in [6.07, 6.45) is 1.43. The number of aryl methyl sites for hydroxylation is 1. The lowest BCUT2D eigenvalue weighted by molar-refractivity contribution is -0.136. The van der Waals surface area contributed by atoms with Crippen molar-refractivity contribution in [1.82, 2.24) is 5.43 Å². The number of nitrogens with zero attached hydrogens (tertiary/aromatic N) is 1. The van der Waals surface area contributed by atoms with Gasteiger partial charge in [0.15, 0.2) is 11.5 Å². The summed E-state index contributed by atoms with van der Waals surface area (Å²) in [6, 6.07) is 25.0. The maximum atomic E-state index is 12.1. The van der Waals surface area contributed by atoms with E-state index in [-0.39, 0.29) is 0 Å². The maximum absolute atomic E-state index is 12.1. The van der Waals surface area contributed by atoms with Gasteiger partial charge in [0, 0.05) is 5.69 Å². The van der Waals surface area contributed by atoms with E-state index in [4.69, 9.17) is 9.47 Å². The lowest BCUT2D eigenvalue weighted by Gasteiger charge is -2.15. The van der Waals surface area contributed by atoms with Crippen molar-refractivity contribution in [3.05, 3.63) is 100 Å². The quantitative estimate of drug-likeness (QED) is 0.158. The molecule has 0 aliphatic rings. The molecular formula is C29H26BrN3O4. The van der Waals surface area contributed by atoms with E-state index in [9.17, 15) is 9.59 Å². The van der Waals surface area contributed by atoms with Crippen LogP contribution in [0.25, 0.3) is 10.8 Å². The van der Waals surface area contributed by atoms with Crippen LogP contribution in [0.1, 0.15) is 23.6 Å². The first-order valence-corrected chi connectivity index (χ1v) is 12.5. The molecule has 0 saturated heterocycles. The molecule has 0 saturated carbocycles. The van der Waals surface area contributed by atoms with Crippen LogP contribution in [0.15, 0.2) is 88.4 Å². The smallest absolute Gasteiger partial charge is 0.329 e. The summed E-state index contributed by atoms with van der Waals surface area (Å²) in [7, 11) is 0. The molecule has 2 amide bonds. The SMILES string of the molecule is CCOc1cc(/C=N/NC(=O)C(=O)Nc2ccc(C)cc2)cc(Br)c1OCc1cccc2ccccc12. The Bertz CT molecular complexity index is 1450. The van der Waals surface area contributed by atoms with Crippen molar-refractivity contribution >= 4 is 50.4 Å². The number of ether oxygens (including phenoxy) is 2. The summed E-state index contributed by atoms with van der Waals surface area (Å²) in [5.74, 6) is -0.596. The average Bonchev–Trinajstić information content (AvgIpc) is 2.89. The van der Waals surface area contributed by atoms with Gasteiger partial charge in [-0.2, -0.15) is 5.10 Å². The van der Waals surface area contributed by atoms with Crippen molar-refractivity contribution in [3.8, 4) is 11.5 Å². The number of hydrogen-bond donors (Lipinski definition) is 2. The van der Waals surface area contributed by atoms with E-state index in [2.05, 4.69) is 50.0 Å². The molecule has 4 aromatic carbocycles. The van der Waals surface area contributed by atoms with Crippen molar-refractivity contribution < 1.29 is 19.1 Å². The van der Waals surface area contributed by atoms with Gasteiger partial charge in [-0.15, -0.1) is 0 Å². The van der Waals surface area contributed by atoms with Gasteiger partial charge in [-0.25, -0.2) is 5.43 Å². The second-order valence-corrected chi connectivity index (χ2v) is 9.06. The zero-order valence-corrected chi connectivity index (χ0v) is 22.0. The normalized spacial score (nSPS) is 10.9. The number of fused-ring (bicyclic) bond motifs is 1. The molecule has 0 aromatic heterocycles. The van der Waals surface area contributed by atoms with E-state index >= 15 is 0 Å².